The minimum atomic E-state index is -1.18. The highest BCUT2D eigenvalue weighted by Gasteiger charge is 2.38. The molecule has 0 saturated carbocycles. The molecule has 1 aliphatic heterocycles. The van der Waals surface area contributed by atoms with E-state index >= 15 is 0 Å². The number of benzene rings is 2. The molecular weight excluding hydrogens is 322 g/mol. The third-order valence-corrected chi connectivity index (χ3v) is 4.82. The maximum atomic E-state index is 11.9. The van der Waals surface area contributed by atoms with E-state index in [4.69, 9.17) is 4.74 Å². The summed E-state index contributed by atoms with van der Waals surface area (Å²) in [6, 6.07) is 19.6. The van der Waals surface area contributed by atoms with Crippen LogP contribution in [0.3, 0.4) is 0 Å². The maximum absolute atomic E-state index is 11.9. The van der Waals surface area contributed by atoms with Crippen LogP contribution in [0, 0.1) is 11.8 Å². The molecule has 1 aliphatic rings. The molecule has 0 saturated heterocycles. The summed E-state index contributed by atoms with van der Waals surface area (Å²) in [6.45, 7) is 3.98. The number of ether oxygens (including phenoxy) is 1. The molecule has 0 radical (unpaired) electrons. The number of nitrogens with zero attached hydrogens (tertiary/aromatic N) is 1. The standard InChI is InChI=1S/C23H25NO2/c1-17-14-15-21(16-18(2)24-22(17)26-3)23(25,19-10-6-4-7-11-19)20-12-8-5-9-13-20/h4-17,21,25H,1-3H3/t17-,21+/m0/s1. The van der Waals surface area contributed by atoms with E-state index in [0.717, 1.165) is 16.8 Å². The summed E-state index contributed by atoms with van der Waals surface area (Å²) >= 11 is 0. The molecule has 134 valence electrons. The van der Waals surface area contributed by atoms with Gasteiger partial charge in [0.2, 0.25) is 0 Å². The first-order chi connectivity index (χ1) is 12.6. The molecule has 0 spiro atoms. The van der Waals surface area contributed by atoms with E-state index in [1.54, 1.807) is 7.11 Å². The van der Waals surface area contributed by atoms with Crippen molar-refractivity contribution >= 4 is 5.90 Å². The van der Waals surface area contributed by atoms with E-state index in [1.807, 2.05) is 86.7 Å². The summed E-state index contributed by atoms with van der Waals surface area (Å²) in [5.74, 6) is 0.468. The summed E-state index contributed by atoms with van der Waals surface area (Å²) < 4.78 is 5.39. The Balaban J connectivity index is 2.17. The average molecular weight is 347 g/mol. The van der Waals surface area contributed by atoms with Crippen molar-refractivity contribution in [1.82, 2.24) is 0 Å². The van der Waals surface area contributed by atoms with E-state index in [-0.39, 0.29) is 11.8 Å². The largest absolute Gasteiger partial charge is 0.484 e. The van der Waals surface area contributed by atoms with Gasteiger partial charge in [-0.2, -0.15) is 0 Å². The number of rotatable bonds is 3. The zero-order valence-electron chi connectivity index (χ0n) is 15.5. The predicted molar refractivity (Wildman–Crippen MR) is 106 cm³/mol. The van der Waals surface area contributed by atoms with Crippen molar-refractivity contribution < 1.29 is 9.84 Å². The molecule has 0 amide bonds. The molecule has 3 nitrogen and oxygen atoms in total. The van der Waals surface area contributed by atoms with Gasteiger partial charge in [-0.25, -0.2) is 4.99 Å². The predicted octanol–water partition coefficient (Wildman–Crippen LogP) is 4.69. The third-order valence-electron chi connectivity index (χ3n) is 4.82. The van der Waals surface area contributed by atoms with Gasteiger partial charge in [-0.3, -0.25) is 0 Å². The highest BCUT2D eigenvalue weighted by atomic mass is 16.5. The molecule has 1 N–H and O–H groups in total. The Morgan fingerprint density at radius 1 is 0.923 bits per heavy atom. The normalized spacial score (nSPS) is 20.6. The molecule has 1 heterocycles. The van der Waals surface area contributed by atoms with Crippen LogP contribution in [0.25, 0.3) is 0 Å². The van der Waals surface area contributed by atoms with Crippen LogP contribution < -0.4 is 0 Å². The van der Waals surface area contributed by atoms with Crippen molar-refractivity contribution in [2.24, 2.45) is 16.8 Å². The van der Waals surface area contributed by atoms with Gasteiger partial charge in [-0.05, 0) is 18.1 Å². The zero-order valence-corrected chi connectivity index (χ0v) is 15.5. The van der Waals surface area contributed by atoms with Crippen LogP contribution in [-0.2, 0) is 10.3 Å². The van der Waals surface area contributed by atoms with Crippen LogP contribution in [0.4, 0.5) is 0 Å². The minimum Gasteiger partial charge on any atom is -0.484 e. The summed E-state index contributed by atoms with van der Waals surface area (Å²) in [5, 5.41) is 11.9. The van der Waals surface area contributed by atoms with Crippen molar-refractivity contribution in [3.63, 3.8) is 0 Å². The van der Waals surface area contributed by atoms with Crippen LogP contribution >= 0.6 is 0 Å². The zero-order chi connectivity index (χ0) is 18.6. The summed E-state index contributed by atoms with van der Waals surface area (Å²) in [5.41, 5.74) is 1.36. The molecule has 2 aromatic carbocycles. The average Bonchev–Trinajstić information content (AvgIpc) is 2.68. The van der Waals surface area contributed by atoms with E-state index in [9.17, 15) is 5.11 Å². The maximum Gasteiger partial charge on any atom is 0.194 e. The lowest BCUT2D eigenvalue weighted by atomic mass is 9.75. The van der Waals surface area contributed by atoms with Gasteiger partial charge >= 0.3 is 0 Å². The van der Waals surface area contributed by atoms with Gasteiger partial charge in [0, 0.05) is 11.6 Å². The van der Waals surface area contributed by atoms with E-state index in [2.05, 4.69) is 11.1 Å². The van der Waals surface area contributed by atoms with Crippen molar-refractivity contribution in [3.05, 3.63) is 95.7 Å². The number of hydrogen-bond donors (Lipinski definition) is 1. The number of aliphatic hydroxyl groups is 1. The fourth-order valence-electron chi connectivity index (χ4n) is 3.42. The van der Waals surface area contributed by atoms with Gasteiger partial charge in [0.25, 0.3) is 0 Å². The van der Waals surface area contributed by atoms with Gasteiger partial charge in [-0.15, -0.1) is 0 Å². The van der Waals surface area contributed by atoms with Gasteiger partial charge in [0.1, 0.15) is 5.60 Å². The van der Waals surface area contributed by atoms with E-state index in [0.29, 0.717) is 5.90 Å². The van der Waals surface area contributed by atoms with Gasteiger partial charge in [0.15, 0.2) is 5.90 Å². The number of allylic oxidation sites excluding steroid dienone is 1. The quantitative estimate of drug-likeness (QED) is 0.818. The van der Waals surface area contributed by atoms with Crippen molar-refractivity contribution in [2.75, 3.05) is 7.11 Å². The first kappa shape index (κ1) is 18.2. The molecule has 0 aromatic heterocycles. The highest BCUT2D eigenvalue weighted by Crippen LogP contribution is 2.39. The molecule has 2 aromatic rings. The molecule has 0 aliphatic carbocycles. The molecular formula is C23H25NO2. The summed E-state index contributed by atoms with van der Waals surface area (Å²) in [4.78, 5) is 4.58. The third kappa shape index (κ3) is 3.49. The first-order valence-corrected chi connectivity index (χ1v) is 8.88. The van der Waals surface area contributed by atoms with E-state index in [1.165, 1.54) is 0 Å². The van der Waals surface area contributed by atoms with Gasteiger partial charge in [-0.1, -0.05) is 85.8 Å². The monoisotopic (exact) mass is 347 g/mol. The SMILES string of the molecule is COC1=NC(C)=C[C@H](C(O)(c2ccccc2)c2ccccc2)C=C[C@@H]1C. The Morgan fingerprint density at radius 3 is 1.96 bits per heavy atom. The highest BCUT2D eigenvalue weighted by molar-refractivity contribution is 5.81. The van der Waals surface area contributed by atoms with Crippen molar-refractivity contribution in [3.8, 4) is 0 Å². The van der Waals surface area contributed by atoms with Crippen molar-refractivity contribution in [1.29, 1.82) is 0 Å². The second kappa shape index (κ2) is 7.71. The van der Waals surface area contributed by atoms with Gasteiger partial charge < -0.3 is 9.84 Å². The minimum absolute atomic E-state index is 0.0435. The Labute approximate surface area is 155 Å². The molecule has 0 fully saturated rings. The van der Waals surface area contributed by atoms with Crippen LogP contribution in [0.2, 0.25) is 0 Å². The Hall–Kier alpha value is -2.65. The molecule has 3 heteroatoms. The smallest absolute Gasteiger partial charge is 0.194 e. The molecule has 0 bridgehead atoms. The molecule has 2 atom stereocenters. The van der Waals surface area contributed by atoms with Crippen LogP contribution in [0.15, 0.2) is 89.6 Å². The topological polar surface area (TPSA) is 41.8 Å². The second-order valence-electron chi connectivity index (χ2n) is 6.66. The lowest BCUT2D eigenvalue weighted by Gasteiger charge is -2.35. The lowest BCUT2D eigenvalue weighted by molar-refractivity contribution is 0.0535. The first-order valence-electron chi connectivity index (χ1n) is 8.88. The fraction of sp³-hybridized carbons (Fsp3) is 0.261. The van der Waals surface area contributed by atoms with Crippen LogP contribution in [-0.4, -0.2) is 18.1 Å². The van der Waals surface area contributed by atoms with Crippen molar-refractivity contribution in [2.45, 2.75) is 19.4 Å². The summed E-state index contributed by atoms with van der Waals surface area (Å²) in [6.07, 6.45) is 6.11. The molecule has 26 heavy (non-hydrogen) atoms. The number of aliphatic imine (C=N–C) groups is 1. The van der Waals surface area contributed by atoms with E-state index < -0.39 is 5.60 Å². The lowest BCUT2D eigenvalue weighted by Crippen LogP contribution is -2.35. The Kier molecular flexibility index (Phi) is 5.38. The Morgan fingerprint density at radius 2 is 1.46 bits per heavy atom. The van der Waals surface area contributed by atoms with Crippen LogP contribution in [0.1, 0.15) is 25.0 Å². The number of hydrogen-bond acceptors (Lipinski definition) is 3. The Bertz CT molecular complexity index is 782. The molecule has 0 unspecified atom stereocenters. The van der Waals surface area contributed by atoms with Crippen LogP contribution in [0.5, 0.6) is 0 Å². The second-order valence-corrected chi connectivity index (χ2v) is 6.66. The fourth-order valence-corrected chi connectivity index (χ4v) is 3.42. The summed E-state index contributed by atoms with van der Waals surface area (Å²) in [7, 11) is 1.64. The van der Waals surface area contributed by atoms with Gasteiger partial charge in [0.05, 0.1) is 13.0 Å². The number of methoxy groups -OCH3 is 1. The molecule has 3 rings (SSSR count).